The first kappa shape index (κ1) is 69.6. The molecule has 6 heteroatoms. The molecule has 0 saturated heterocycles. The van der Waals surface area contributed by atoms with Gasteiger partial charge in [0.1, 0.15) is 13.2 Å². The van der Waals surface area contributed by atoms with Crippen molar-refractivity contribution < 1.29 is 28.6 Å². The fraction of sp³-hybridized carbons (Fsp3) is 0.746. The molecule has 6 nitrogen and oxygen atoms in total. The summed E-state index contributed by atoms with van der Waals surface area (Å²) in [6.07, 6.45) is 80.9. The van der Waals surface area contributed by atoms with Crippen molar-refractivity contribution in [3.63, 3.8) is 0 Å². The summed E-state index contributed by atoms with van der Waals surface area (Å²) in [5.74, 6) is -0.902. The van der Waals surface area contributed by atoms with Crippen molar-refractivity contribution >= 4 is 17.9 Å². The van der Waals surface area contributed by atoms with Crippen LogP contribution in [-0.4, -0.2) is 37.2 Å². The number of rotatable bonds is 56. The Hall–Kier alpha value is -3.41. The molecule has 0 aliphatic heterocycles. The van der Waals surface area contributed by atoms with Gasteiger partial charge in [0.05, 0.1) is 0 Å². The number of ether oxygens (including phenoxy) is 3. The van der Waals surface area contributed by atoms with Crippen LogP contribution in [0.2, 0.25) is 0 Å². The largest absolute Gasteiger partial charge is 0.462 e. The number of carbonyl (C=O) groups is 3. The zero-order chi connectivity index (χ0) is 52.9. The van der Waals surface area contributed by atoms with Gasteiger partial charge in [0.25, 0.3) is 0 Å². The lowest BCUT2D eigenvalue weighted by atomic mass is 10.0. The van der Waals surface area contributed by atoms with Crippen LogP contribution < -0.4 is 0 Å². The minimum atomic E-state index is -0.779. The fourth-order valence-electron chi connectivity index (χ4n) is 8.80. The quantitative estimate of drug-likeness (QED) is 0.0261. The number of hydrogen-bond acceptors (Lipinski definition) is 6. The van der Waals surface area contributed by atoms with Crippen molar-refractivity contribution in [2.24, 2.45) is 0 Å². The van der Waals surface area contributed by atoms with Crippen molar-refractivity contribution in [2.75, 3.05) is 13.2 Å². The van der Waals surface area contributed by atoms with Gasteiger partial charge in [0.15, 0.2) is 6.10 Å². The Kier molecular flexibility index (Phi) is 58.3. The molecule has 0 aliphatic rings. The summed E-state index contributed by atoms with van der Waals surface area (Å²) >= 11 is 0. The number of unbranched alkanes of at least 4 members (excludes halogenated alkanes) is 31. The van der Waals surface area contributed by atoms with E-state index in [2.05, 4.69) is 106 Å². The van der Waals surface area contributed by atoms with Crippen LogP contribution in [0.25, 0.3) is 0 Å². The van der Waals surface area contributed by atoms with E-state index >= 15 is 0 Å². The van der Waals surface area contributed by atoms with Crippen molar-refractivity contribution in [3.05, 3.63) is 85.1 Å². The van der Waals surface area contributed by atoms with E-state index in [0.717, 1.165) is 128 Å². The molecule has 0 aromatic rings. The second-order valence-electron chi connectivity index (χ2n) is 20.6. The summed E-state index contributed by atoms with van der Waals surface area (Å²) < 4.78 is 16.7. The Bertz CT molecular complexity index is 1400. The van der Waals surface area contributed by atoms with Crippen LogP contribution in [-0.2, 0) is 28.6 Å². The first-order chi connectivity index (χ1) is 36.0. The van der Waals surface area contributed by atoms with Gasteiger partial charge in [-0.15, -0.1) is 0 Å². The average Bonchev–Trinajstić information content (AvgIpc) is 3.39. The number of carbonyl (C=O) groups excluding carboxylic acids is 3. The standard InChI is InChI=1S/C67H116O6/c1-4-7-10-13-15-17-19-21-23-24-25-26-27-28-29-30-31-32-33-34-35-36-37-38-39-40-41-42-44-45-47-49-51-54-57-60-66(69)72-63-64(62-71-65(68)59-56-53-12-9-6-3)73-67(70)61-58-55-52-50-48-46-43-22-20-18-16-14-11-8-5-2/h7-8,10-11,15-18,21-23,25-26,43,64H,4-6,9,12-14,19-20,24,27-42,44-63H2,1-3H3/b10-7-,11-8-,17-15-,18-16-,23-21-,26-25-,43-22-. The number of allylic oxidation sites excluding steroid dienone is 14. The lowest BCUT2D eigenvalue weighted by Crippen LogP contribution is -2.30. The molecule has 0 N–H and O–H groups in total. The molecular weight excluding hydrogens is 901 g/mol. The smallest absolute Gasteiger partial charge is 0.306 e. The van der Waals surface area contributed by atoms with E-state index in [1.807, 2.05) is 0 Å². The van der Waals surface area contributed by atoms with Crippen molar-refractivity contribution in [3.8, 4) is 0 Å². The third kappa shape index (κ3) is 59.3. The highest BCUT2D eigenvalue weighted by Gasteiger charge is 2.19. The molecule has 0 bridgehead atoms. The second-order valence-corrected chi connectivity index (χ2v) is 20.6. The molecule has 0 radical (unpaired) electrons. The molecule has 73 heavy (non-hydrogen) atoms. The van der Waals surface area contributed by atoms with Crippen molar-refractivity contribution in [1.82, 2.24) is 0 Å². The lowest BCUT2D eigenvalue weighted by molar-refractivity contribution is -0.167. The monoisotopic (exact) mass is 1020 g/mol. The molecule has 0 aliphatic carbocycles. The van der Waals surface area contributed by atoms with E-state index in [9.17, 15) is 14.4 Å². The van der Waals surface area contributed by atoms with Crippen LogP contribution in [0.3, 0.4) is 0 Å². The van der Waals surface area contributed by atoms with Gasteiger partial charge in [-0.05, 0) is 89.9 Å². The first-order valence-electron chi connectivity index (χ1n) is 31.1. The topological polar surface area (TPSA) is 78.9 Å². The molecule has 0 rings (SSSR count). The van der Waals surface area contributed by atoms with Gasteiger partial charge in [0.2, 0.25) is 0 Å². The molecule has 0 amide bonds. The fourth-order valence-corrected chi connectivity index (χ4v) is 8.80. The number of esters is 3. The summed E-state index contributed by atoms with van der Waals surface area (Å²) in [5, 5.41) is 0. The predicted octanol–water partition coefficient (Wildman–Crippen LogP) is 21.1. The van der Waals surface area contributed by atoms with Crippen LogP contribution >= 0.6 is 0 Å². The van der Waals surface area contributed by atoms with Crippen LogP contribution in [0.15, 0.2) is 85.1 Å². The molecule has 1 unspecified atom stereocenters. The van der Waals surface area contributed by atoms with Crippen molar-refractivity contribution in [2.45, 2.75) is 309 Å². The second kappa shape index (κ2) is 61.1. The van der Waals surface area contributed by atoms with Gasteiger partial charge in [-0.25, -0.2) is 0 Å². The maximum absolute atomic E-state index is 12.8. The third-order valence-corrected chi connectivity index (χ3v) is 13.4. The lowest BCUT2D eigenvalue weighted by Gasteiger charge is -2.18. The van der Waals surface area contributed by atoms with E-state index in [0.29, 0.717) is 19.3 Å². The Morgan fingerprint density at radius 2 is 0.534 bits per heavy atom. The van der Waals surface area contributed by atoms with Crippen LogP contribution in [0.1, 0.15) is 303 Å². The summed E-state index contributed by atoms with van der Waals surface area (Å²) in [6.45, 7) is 6.33. The van der Waals surface area contributed by atoms with E-state index in [4.69, 9.17) is 14.2 Å². The van der Waals surface area contributed by atoms with Crippen LogP contribution in [0.5, 0.6) is 0 Å². The predicted molar refractivity (Wildman–Crippen MR) is 316 cm³/mol. The summed E-state index contributed by atoms with van der Waals surface area (Å²) in [7, 11) is 0. The zero-order valence-corrected chi connectivity index (χ0v) is 48.1. The Morgan fingerprint density at radius 3 is 0.836 bits per heavy atom. The minimum absolute atomic E-state index is 0.0799. The maximum atomic E-state index is 12.8. The normalized spacial score (nSPS) is 12.6. The Labute approximate surface area is 452 Å². The maximum Gasteiger partial charge on any atom is 0.306 e. The first-order valence-corrected chi connectivity index (χ1v) is 31.1. The summed E-state index contributed by atoms with van der Waals surface area (Å²) in [5.41, 5.74) is 0. The van der Waals surface area contributed by atoms with E-state index in [1.165, 1.54) is 135 Å². The molecule has 420 valence electrons. The number of hydrogen-bond donors (Lipinski definition) is 0. The van der Waals surface area contributed by atoms with Gasteiger partial charge in [-0.3, -0.25) is 14.4 Å². The summed E-state index contributed by atoms with van der Waals surface area (Å²) in [6, 6.07) is 0. The molecule has 0 spiro atoms. The molecule has 0 aromatic heterocycles. The van der Waals surface area contributed by atoms with Crippen LogP contribution in [0.4, 0.5) is 0 Å². The van der Waals surface area contributed by atoms with E-state index in [-0.39, 0.29) is 31.1 Å². The molecule has 0 heterocycles. The Balaban J connectivity index is 3.89. The van der Waals surface area contributed by atoms with Gasteiger partial charge >= 0.3 is 17.9 Å². The zero-order valence-electron chi connectivity index (χ0n) is 48.1. The highest BCUT2D eigenvalue weighted by Crippen LogP contribution is 2.17. The molecule has 0 fully saturated rings. The molecule has 0 saturated carbocycles. The molecule has 0 aromatic carbocycles. The Morgan fingerprint density at radius 1 is 0.288 bits per heavy atom. The third-order valence-electron chi connectivity index (χ3n) is 13.4. The van der Waals surface area contributed by atoms with E-state index in [1.54, 1.807) is 0 Å². The van der Waals surface area contributed by atoms with Crippen molar-refractivity contribution in [1.29, 1.82) is 0 Å². The van der Waals surface area contributed by atoms with Gasteiger partial charge < -0.3 is 14.2 Å². The van der Waals surface area contributed by atoms with Gasteiger partial charge in [-0.1, -0.05) is 279 Å². The minimum Gasteiger partial charge on any atom is -0.462 e. The highest BCUT2D eigenvalue weighted by molar-refractivity contribution is 5.71. The van der Waals surface area contributed by atoms with Crippen LogP contribution in [0, 0.1) is 0 Å². The SMILES string of the molecule is CC/C=C\C/C=C\C/C=C\C/C=C\CCCCCCCCCCCCCCCCCCCCCCCCC(=O)OCC(COC(=O)CCCCCCC)OC(=O)CCCCCCC/C=C\C/C=C\C/C=C\CC. The summed E-state index contributed by atoms with van der Waals surface area (Å²) in [4.78, 5) is 37.8. The van der Waals surface area contributed by atoms with E-state index < -0.39 is 6.10 Å². The highest BCUT2D eigenvalue weighted by atomic mass is 16.6. The molecule has 1 atom stereocenters. The van der Waals surface area contributed by atoms with Gasteiger partial charge in [-0.2, -0.15) is 0 Å². The van der Waals surface area contributed by atoms with Gasteiger partial charge in [0, 0.05) is 19.3 Å². The average molecular weight is 1020 g/mol. The molecular formula is C67H116O6.